The van der Waals surface area contributed by atoms with Crippen molar-refractivity contribution in [1.29, 1.82) is 0 Å². The zero-order chi connectivity index (χ0) is 15.2. The lowest BCUT2D eigenvalue weighted by Crippen LogP contribution is -2.24. The normalized spacial score (nSPS) is 20.9. The third kappa shape index (κ3) is 5.15. The molecule has 0 aliphatic carbocycles. The maximum absolute atomic E-state index is 5.96. The first-order chi connectivity index (χ1) is 10.1. The third-order valence-electron chi connectivity index (χ3n) is 4.67. The Labute approximate surface area is 130 Å². The molecule has 21 heavy (non-hydrogen) atoms. The van der Waals surface area contributed by atoms with Gasteiger partial charge in [-0.3, -0.25) is 4.90 Å². The van der Waals surface area contributed by atoms with E-state index in [1.165, 1.54) is 44.3 Å². The number of likely N-dealkylation sites (tertiary alicyclic amines) is 1. The van der Waals surface area contributed by atoms with Crippen LogP contribution in [0.4, 0.5) is 0 Å². The van der Waals surface area contributed by atoms with Gasteiger partial charge < -0.3 is 9.73 Å². The van der Waals surface area contributed by atoms with E-state index in [-0.39, 0.29) is 0 Å². The Hall–Kier alpha value is -0.800. The molecule has 3 nitrogen and oxygen atoms in total. The number of nitrogens with one attached hydrogen (secondary N) is 1. The molecule has 1 unspecified atom stereocenters. The van der Waals surface area contributed by atoms with Crippen molar-refractivity contribution in [3.63, 3.8) is 0 Å². The summed E-state index contributed by atoms with van der Waals surface area (Å²) in [5.74, 6) is 3.13. The second kappa shape index (κ2) is 8.00. The molecule has 1 N–H and O–H groups in total. The number of hydrogen-bond donors (Lipinski definition) is 1. The molecule has 0 amide bonds. The highest BCUT2D eigenvalue weighted by molar-refractivity contribution is 5.20. The fourth-order valence-electron chi connectivity index (χ4n) is 3.17. The SMILES string of the molecule is CCC1CCCN(Cc2cc(CNC(C)C)c(C)o2)CC1. The summed E-state index contributed by atoms with van der Waals surface area (Å²) in [6, 6.07) is 2.76. The molecule has 1 atom stereocenters. The van der Waals surface area contributed by atoms with Gasteiger partial charge in [0.15, 0.2) is 0 Å². The first-order valence-corrected chi connectivity index (χ1v) is 8.62. The van der Waals surface area contributed by atoms with Gasteiger partial charge in [0.05, 0.1) is 6.54 Å². The highest BCUT2D eigenvalue weighted by Gasteiger charge is 2.17. The van der Waals surface area contributed by atoms with Crippen LogP contribution in [0.3, 0.4) is 0 Å². The van der Waals surface area contributed by atoms with Gasteiger partial charge >= 0.3 is 0 Å². The molecular weight excluding hydrogens is 260 g/mol. The molecule has 0 saturated carbocycles. The minimum absolute atomic E-state index is 0.513. The van der Waals surface area contributed by atoms with Crippen LogP contribution >= 0.6 is 0 Å². The van der Waals surface area contributed by atoms with E-state index in [2.05, 4.69) is 44.0 Å². The lowest BCUT2D eigenvalue weighted by Gasteiger charge is -2.18. The molecule has 0 spiro atoms. The molecule has 2 rings (SSSR count). The number of rotatable bonds is 6. The van der Waals surface area contributed by atoms with Crippen molar-refractivity contribution in [1.82, 2.24) is 10.2 Å². The Balaban J connectivity index is 1.89. The van der Waals surface area contributed by atoms with Gasteiger partial charge in [-0.1, -0.05) is 27.2 Å². The van der Waals surface area contributed by atoms with E-state index in [0.717, 1.165) is 30.5 Å². The van der Waals surface area contributed by atoms with Crippen LogP contribution < -0.4 is 5.32 Å². The molecule has 1 aromatic heterocycles. The molecule has 0 radical (unpaired) electrons. The summed E-state index contributed by atoms with van der Waals surface area (Å²) >= 11 is 0. The van der Waals surface area contributed by atoms with Gasteiger partial charge in [-0.2, -0.15) is 0 Å². The standard InChI is InChI=1S/C18H32N2O/c1-5-16-7-6-9-20(10-8-16)13-18-11-17(15(4)21-18)12-19-14(2)3/h11,14,16,19H,5-10,12-13H2,1-4H3. The minimum Gasteiger partial charge on any atom is -0.465 e. The van der Waals surface area contributed by atoms with Crippen LogP contribution in [0.2, 0.25) is 0 Å². The van der Waals surface area contributed by atoms with Crippen LogP contribution in [0.5, 0.6) is 0 Å². The van der Waals surface area contributed by atoms with Crippen molar-refractivity contribution in [2.45, 2.75) is 72.5 Å². The van der Waals surface area contributed by atoms with Gasteiger partial charge in [0.2, 0.25) is 0 Å². The van der Waals surface area contributed by atoms with Crippen LogP contribution in [0, 0.1) is 12.8 Å². The van der Waals surface area contributed by atoms with Gasteiger partial charge in [0, 0.05) is 18.2 Å². The Morgan fingerprint density at radius 1 is 1.33 bits per heavy atom. The second-order valence-corrected chi connectivity index (χ2v) is 6.81. The molecule has 1 fully saturated rings. The molecule has 2 heterocycles. The summed E-state index contributed by atoms with van der Waals surface area (Å²) in [5, 5.41) is 3.47. The smallest absolute Gasteiger partial charge is 0.118 e. The van der Waals surface area contributed by atoms with Gasteiger partial charge in [0.1, 0.15) is 11.5 Å². The molecule has 1 aliphatic rings. The molecule has 1 aromatic rings. The quantitative estimate of drug-likeness (QED) is 0.855. The third-order valence-corrected chi connectivity index (χ3v) is 4.67. The molecule has 1 saturated heterocycles. The first kappa shape index (κ1) is 16.6. The molecule has 120 valence electrons. The van der Waals surface area contributed by atoms with Gasteiger partial charge in [0.25, 0.3) is 0 Å². The van der Waals surface area contributed by atoms with Gasteiger partial charge in [-0.25, -0.2) is 0 Å². The Morgan fingerprint density at radius 2 is 2.14 bits per heavy atom. The zero-order valence-electron chi connectivity index (χ0n) is 14.2. The van der Waals surface area contributed by atoms with E-state index < -0.39 is 0 Å². The van der Waals surface area contributed by atoms with Crippen molar-refractivity contribution < 1.29 is 4.42 Å². The Bertz CT molecular complexity index is 425. The van der Waals surface area contributed by atoms with E-state index in [4.69, 9.17) is 4.42 Å². The second-order valence-electron chi connectivity index (χ2n) is 6.81. The molecule has 1 aliphatic heterocycles. The maximum atomic E-state index is 5.96. The van der Waals surface area contributed by atoms with Crippen molar-refractivity contribution in [3.05, 3.63) is 23.2 Å². The van der Waals surface area contributed by atoms with Crippen molar-refractivity contribution in [3.8, 4) is 0 Å². The van der Waals surface area contributed by atoms with E-state index in [0.29, 0.717) is 6.04 Å². The van der Waals surface area contributed by atoms with Gasteiger partial charge in [-0.05, 0) is 51.3 Å². The van der Waals surface area contributed by atoms with Crippen LogP contribution in [-0.2, 0) is 13.1 Å². The highest BCUT2D eigenvalue weighted by Crippen LogP contribution is 2.22. The fraction of sp³-hybridized carbons (Fsp3) is 0.778. The van der Waals surface area contributed by atoms with E-state index >= 15 is 0 Å². The molecular formula is C18H32N2O. The summed E-state index contributed by atoms with van der Waals surface area (Å²) in [5.41, 5.74) is 1.31. The van der Waals surface area contributed by atoms with Crippen LogP contribution in [0.15, 0.2) is 10.5 Å². The first-order valence-electron chi connectivity index (χ1n) is 8.62. The number of nitrogens with zero attached hydrogens (tertiary/aromatic N) is 1. The van der Waals surface area contributed by atoms with Crippen LogP contribution in [0.25, 0.3) is 0 Å². The van der Waals surface area contributed by atoms with Gasteiger partial charge in [-0.15, -0.1) is 0 Å². The fourth-order valence-corrected chi connectivity index (χ4v) is 3.17. The zero-order valence-corrected chi connectivity index (χ0v) is 14.2. The number of furan rings is 1. The highest BCUT2D eigenvalue weighted by atomic mass is 16.3. The van der Waals surface area contributed by atoms with E-state index in [1.54, 1.807) is 0 Å². The maximum Gasteiger partial charge on any atom is 0.118 e. The summed E-state index contributed by atoms with van der Waals surface area (Å²) in [6.07, 6.45) is 5.41. The van der Waals surface area contributed by atoms with Crippen LogP contribution in [-0.4, -0.2) is 24.0 Å². The summed E-state index contributed by atoms with van der Waals surface area (Å²) in [7, 11) is 0. The topological polar surface area (TPSA) is 28.4 Å². The number of aryl methyl sites for hydroxylation is 1. The van der Waals surface area contributed by atoms with Crippen molar-refractivity contribution in [2.75, 3.05) is 13.1 Å². The monoisotopic (exact) mass is 292 g/mol. The number of hydrogen-bond acceptors (Lipinski definition) is 3. The van der Waals surface area contributed by atoms with Crippen molar-refractivity contribution in [2.24, 2.45) is 5.92 Å². The molecule has 0 aromatic carbocycles. The van der Waals surface area contributed by atoms with Crippen molar-refractivity contribution >= 4 is 0 Å². The average Bonchev–Trinajstić information content (AvgIpc) is 2.65. The minimum atomic E-state index is 0.513. The summed E-state index contributed by atoms with van der Waals surface area (Å²) in [4.78, 5) is 2.56. The van der Waals surface area contributed by atoms with E-state index in [9.17, 15) is 0 Å². The molecule has 3 heteroatoms. The Kier molecular flexibility index (Phi) is 6.31. The average molecular weight is 292 g/mol. The molecule has 0 bridgehead atoms. The lowest BCUT2D eigenvalue weighted by molar-refractivity contribution is 0.247. The summed E-state index contributed by atoms with van der Waals surface area (Å²) in [6.45, 7) is 13.1. The largest absolute Gasteiger partial charge is 0.465 e. The summed E-state index contributed by atoms with van der Waals surface area (Å²) < 4.78 is 5.96. The van der Waals surface area contributed by atoms with Crippen LogP contribution in [0.1, 0.15) is 63.5 Å². The Morgan fingerprint density at radius 3 is 2.86 bits per heavy atom. The lowest BCUT2D eigenvalue weighted by atomic mass is 9.98. The van der Waals surface area contributed by atoms with E-state index in [1.807, 2.05) is 0 Å². The predicted octanol–water partition coefficient (Wildman–Crippen LogP) is 4.10. The predicted molar refractivity (Wildman–Crippen MR) is 88.3 cm³/mol.